The second-order valence-electron chi connectivity index (χ2n) is 4.62. The van der Waals surface area contributed by atoms with E-state index in [-0.39, 0.29) is 11.9 Å². The lowest BCUT2D eigenvalue weighted by molar-refractivity contribution is 0.0919. The molecule has 5 nitrogen and oxygen atoms in total. The van der Waals surface area contributed by atoms with Crippen LogP contribution in [0.2, 0.25) is 0 Å². The summed E-state index contributed by atoms with van der Waals surface area (Å²) in [6.07, 6.45) is 1.03. The number of hydrogen-bond acceptors (Lipinski definition) is 3. The van der Waals surface area contributed by atoms with Crippen LogP contribution in [0.5, 0.6) is 0 Å². The molecule has 0 spiro atoms. The third-order valence-corrected chi connectivity index (χ3v) is 3.34. The lowest BCUT2D eigenvalue weighted by Crippen LogP contribution is -2.38. The first-order valence-corrected chi connectivity index (χ1v) is 5.98. The van der Waals surface area contributed by atoms with Crippen molar-refractivity contribution in [2.75, 3.05) is 5.73 Å². The number of rotatable bonds is 4. The third-order valence-electron chi connectivity index (χ3n) is 3.34. The van der Waals surface area contributed by atoms with E-state index < -0.39 is 0 Å². The minimum Gasteiger partial charge on any atom is -0.395 e. The van der Waals surface area contributed by atoms with E-state index in [1.54, 1.807) is 14.0 Å². The molecular weight excluding hydrogens is 216 g/mol. The molecule has 0 saturated heterocycles. The van der Waals surface area contributed by atoms with Crippen molar-refractivity contribution in [1.82, 2.24) is 15.1 Å². The standard InChI is InChI=1S/C12H22N4O/c1-6-7(2)8(3)14-12(17)11-10(13)9(4)15-16(11)5/h7-8H,6,13H2,1-5H3,(H,14,17). The van der Waals surface area contributed by atoms with Gasteiger partial charge in [0.1, 0.15) is 5.69 Å². The molecule has 1 aromatic heterocycles. The van der Waals surface area contributed by atoms with Crippen LogP contribution < -0.4 is 11.1 Å². The van der Waals surface area contributed by atoms with Crippen LogP contribution >= 0.6 is 0 Å². The maximum Gasteiger partial charge on any atom is 0.271 e. The number of anilines is 1. The molecule has 0 aromatic carbocycles. The van der Waals surface area contributed by atoms with E-state index in [1.165, 1.54) is 4.68 Å². The lowest BCUT2D eigenvalue weighted by atomic mass is 10.0. The summed E-state index contributed by atoms with van der Waals surface area (Å²) >= 11 is 0. The Morgan fingerprint density at radius 3 is 2.53 bits per heavy atom. The summed E-state index contributed by atoms with van der Waals surface area (Å²) in [6.45, 7) is 8.02. The highest BCUT2D eigenvalue weighted by Crippen LogP contribution is 2.16. The van der Waals surface area contributed by atoms with Gasteiger partial charge in [0.15, 0.2) is 0 Å². The molecule has 2 unspecified atom stereocenters. The Morgan fingerprint density at radius 2 is 2.12 bits per heavy atom. The monoisotopic (exact) mass is 238 g/mol. The molecule has 0 aliphatic heterocycles. The quantitative estimate of drug-likeness (QED) is 0.834. The minimum atomic E-state index is -0.154. The van der Waals surface area contributed by atoms with E-state index in [1.807, 2.05) is 6.92 Å². The predicted octanol–water partition coefficient (Wildman–Crippen LogP) is 1.48. The second kappa shape index (κ2) is 5.21. The lowest BCUT2D eigenvalue weighted by Gasteiger charge is -2.19. The molecule has 0 aliphatic carbocycles. The van der Waals surface area contributed by atoms with E-state index >= 15 is 0 Å². The summed E-state index contributed by atoms with van der Waals surface area (Å²) < 4.78 is 1.53. The van der Waals surface area contributed by atoms with E-state index in [0.717, 1.165) is 6.42 Å². The molecule has 1 aromatic rings. The van der Waals surface area contributed by atoms with E-state index in [4.69, 9.17) is 5.73 Å². The highest BCUT2D eigenvalue weighted by Gasteiger charge is 2.20. The van der Waals surface area contributed by atoms with Gasteiger partial charge in [-0.15, -0.1) is 0 Å². The Kier molecular flexibility index (Phi) is 4.15. The van der Waals surface area contributed by atoms with E-state index in [0.29, 0.717) is 23.0 Å². The van der Waals surface area contributed by atoms with Crippen molar-refractivity contribution in [3.05, 3.63) is 11.4 Å². The molecule has 1 rings (SSSR count). The van der Waals surface area contributed by atoms with Gasteiger partial charge in [0.05, 0.1) is 11.4 Å². The number of aromatic nitrogens is 2. The first kappa shape index (κ1) is 13.5. The maximum absolute atomic E-state index is 12.1. The van der Waals surface area contributed by atoms with Gasteiger partial charge in [-0.3, -0.25) is 9.48 Å². The number of carbonyl (C=O) groups is 1. The van der Waals surface area contributed by atoms with Crippen LogP contribution in [0.1, 0.15) is 43.4 Å². The van der Waals surface area contributed by atoms with Crippen molar-refractivity contribution < 1.29 is 4.79 Å². The molecule has 0 radical (unpaired) electrons. The Labute approximate surface area is 102 Å². The average Bonchev–Trinajstić information content (AvgIpc) is 2.51. The van der Waals surface area contributed by atoms with Crippen LogP contribution in [-0.2, 0) is 7.05 Å². The predicted molar refractivity (Wildman–Crippen MR) is 68.7 cm³/mol. The highest BCUT2D eigenvalue weighted by molar-refractivity contribution is 5.98. The van der Waals surface area contributed by atoms with Crippen molar-refractivity contribution in [3.63, 3.8) is 0 Å². The highest BCUT2D eigenvalue weighted by atomic mass is 16.2. The van der Waals surface area contributed by atoms with Crippen LogP contribution in [0.3, 0.4) is 0 Å². The summed E-state index contributed by atoms with van der Waals surface area (Å²) in [7, 11) is 1.73. The fraction of sp³-hybridized carbons (Fsp3) is 0.667. The molecule has 0 fully saturated rings. The number of nitrogens with two attached hydrogens (primary N) is 1. The average molecular weight is 238 g/mol. The van der Waals surface area contributed by atoms with Gasteiger partial charge in [0.25, 0.3) is 5.91 Å². The molecule has 5 heteroatoms. The van der Waals surface area contributed by atoms with Gasteiger partial charge in [-0.05, 0) is 19.8 Å². The van der Waals surface area contributed by atoms with Gasteiger partial charge >= 0.3 is 0 Å². The maximum atomic E-state index is 12.1. The summed E-state index contributed by atoms with van der Waals surface area (Å²) in [5.41, 5.74) is 7.44. The number of nitrogens with one attached hydrogen (secondary N) is 1. The van der Waals surface area contributed by atoms with Gasteiger partial charge < -0.3 is 11.1 Å². The van der Waals surface area contributed by atoms with Crippen molar-refractivity contribution in [3.8, 4) is 0 Å². The van der Waals surface area contributed by atoms with Crippen LogP contribution in [0.4, 0.5) is 5.69 Å². The molecule has 96 valence electrons. The number of amides is 1. The number of carbonyl (C=O) groups excluding carboxylic acids is 1. The molecule has 3 N–H and O–H groups in total. The van der Waals surface area contributed by atoms with E-state index in [2.05, 4.69) is 24.3 Å². The van der Waals surface area contributed by atoms with Gasteiger partial charge in [0.2, 0.25) is 0 Å². The summed E-state index contributed by atoms with van der Waals surface area (Å²) in [5.74, 6) is 0.285. The van der Waals surface area contributed by atoms with E-state index in [9.17, 15) is 4.79 Å². The Balaban J connectivity index is 2.83. The zero-order chi connectivity index (χ0) is 13.2. The number of aryl methyl sites for hydroxylation is 2. The van der Waals surface area contributed by atoms with Crippen LogP contribution in [0.25, 0.3) is 0 Å². The SMILES string of the molecule is CCC(C)C(C)NC(=O)c1c(N)c(C)nn1C. The molecule has 1 heterocycles. The van der Waals surface area contributed by atoms with Gasteiger partial charge in [-0.2, -0.15) is 5.10 Å². The Hall–Kier alpha value is -1.52. The van der Waals surface area contributed by atoms with Crippen molar-refractivity contribution >= 4 is 11.6 Å². The fourth-order valence-electron chi connectivity index (χ4n) is 1.71. The van der Waals surface area contributed by atoms with Crippen molar-refractivity contribution in [2.24, 2.45) is 13.0 Å². The molecule has 17 heavy (non-hydrogen) atoms. The summed E-state index contributed by atoms with van der Waals surface area (Å²) in [6, 6.07) is 0.127. The number of nitrogen functional groups attached to an aromatic ring is 1. The molecule has 0 bridgehead atoms. The zero-order valence-electron chi connectivity index (χ0n) is 11.2. The van der Waals surface area contributed by atoms with Crippen LogP contribution in [0, 0.1) is 12.8 Å². The summed E-state index contributed by atoms with van der Waals surface area (Å²) in [5, 5.41) is 7.10. The Morgan fingerprint density at radius 1 is 1.53 bits per heavy atom. The topological polar surface area (TPSA) is 72.9 Å². The zero-order valence-corrected chi connectivity index (χ0v) is 11.2. The fourth-order valence-corrected chi connectivity index (χ4v) is 1.71. The third kappa shape index (κ3) is 2.78. The first-order chi connectivity index (χ1) is 7.88. The molecule has 0 aliphatic rings. The molecule has 0 saturated carbocycles. The molecular formula is C12H22N4O. The van der Waals surface area contributed by atoms with Gasteiger partial charge in [-0.1, -0.05) is 20.3 Å². The van der Waals surface area contributed by atoms with Crippen molar-refractivity contribution in [1.29, 1.82) is 0 Å². The molecule has 2 atom stereocenters. The Bertz CT molecular complexity index is 411. The van der Waals surface area contributed by atoms with Gasteiger partial charge in [0, 0.05) is 13.1 Å². The summed E-state index contributed by atoms with van der Waals surface area (Å²) in [4.78, 5) is 12.1. The number of nitrogens with zero attached hydrogens (tertiary/aromatic N) is 2. The molecule has 1 amide bonds. The largest absolute Gasteiger partial charge is 0.395 e. The first-order valence-electron chi connectivity index (χ1n) is 5.98. The van der Waals surface area contributed by atoms with Crippen molar-refractivity contribution in [2.45, 2.75) is 40.2 Å². The smallest absolute Gasteiger partial charge is 0.271 e. The van der Waals surface area contributed by atoms with Gasteiger partial charge in [-0.25, -0.2) is 0 Å². The minimum absolute atomic E-state index is 0.127. The van der Waals surface area contributed by atoms with Crippen LogP contribution in [-0.4, -0.2) is 21.7 Å². The number of hydrogen-bond donors (Lipinski definition) is 2. The van der Waals surface area contributed by atoms with Crippen LogP contribution in [0.15, 0.2) is 0 Å². The second-order valence-corrected chi connectivity index (χ2v) is 4.62. The normalized spacial score (nSPS) is 14.4.